The van der Waals surface area contributed by atoms with Gasteiger partial charge in [0, 0.05) is 18.0 Å². The fourth-order valence-corrected chi connectivity index (χ4v) is 2.48. The average Bonchev–Trinajstić information content (AvgIpc) is 2.69. The summed E-state index contributed by atoms with van der Waals surface area (Å²) in [6.45, 7) is 0.0755. The van der Waals surface area contributed by atoms with Gasteiger partial charge >= 0.3 is 5.97 Å². The van der Waals surface area contributed by atoms with Crippen molar-refractivity contribution in [1.82, 2.24) is 4.98 Å². The molecule has 0 atom stereocenters. The molecule has 0 spiro atoms. The summed E-state index contributed by atoms with van der Waals surface area (Å²) in [4.78, 5) is 16.0. The number of hydrogen-bond donors (Lipinski definition) is 0. The van der Waals surface area contributed by atoms with Crippen molar-refractivity contribution in [3.05, 3.63) is 102 Å². The Morgan fingerprint density at radius 1 is 0.880 bits per heavy atom. The fourth-order valence-electron chi connectivity index (χ4n) is 2.48. The number of hydrogen-bond acceptors (Lipinski definition) is 4. The summed E-state index contributed by atoms with van der Waals surface area (Å²) in [6, 6.07) is 23.3. The molecule has 3 rings (SSSR count). The number of carbonyl (C=O) groups excluding carboxylic acids is 1. The standard InChI is InChI=1S/C21H19NO3/c23-20(24-15-17-8-7-13-22-14-17)16-25-21(18-9-3-1-4-10-18)19-11-5-2-6-12-19/h1-14,21H,15-16H2. The lowest BCUT2D eigenvalue weighted by Gasteiger charge is -2.18. The Balaban J connectivity index is 1.62. The average molecular weight is 333 g/mol. The predicted molar refractivity (Wildman–Crippen MR) is 94.7 cm³/mol. The highest BCUT2D eigenvalue weighted by Gasteiger charge is 2.16. The molecule has 0 saturated carbocycles. The molecule has 0 N–H and O–H groups in total. The van der Waals surface area contributed by atoms with Gasteiger partial charge in [-0.15, -0.1) is 0 Å². The number of carbonyl (C=O) groups is 1. The predicted octanol–water partition coefficient (Wildman–Crippen LogP) is 3.93. The first-order valence-electron chi connectivity index (χ1n) is 8.09. The van der Waals surface area contributed by atoms with E-state index < -0.39 is 5.97 Å². The molecule has 1 aromatic heterocycles. The molecule has 126 valence electrons. The molecule has 0 aliphatic heterocycles. The maximum atomic E-state index is 12.0. The zero-order valence-corrected chi connectivity index (χ0v) is 13.7. The van der Waals surface area contributed by atoms with Gasteiger partial charge in [-0.25, -0.2) is 4.79 Å². The monoisotopic (exact) mass is 333 g/mol. The molecule has 1 heterocycles. The summed E-state index contributed by atoms with van der Waals surface area (Å²) in [5, 5.41) is 0. The first kappa shape index (κ1) is 16.9. The van der Waals surface area contributed by atoms with Crippen LogP contribution in [-0.2, 0) is 20.9 Å². The largest absolute Gasteiger partial charge is 0.459 e. The molecular formula is C21H19NO3. The first-order valence-corrected chi connectivity index (χ1v) is 8.09. The summed E-state index contributed by atoms with van der Waals surface area (Å²) in [5.74, 6) is -0.402. The molecule has 0 unspecified atom stereocenters. The van der Waals surface area contributed by atoms with Crippen LogP contribution in [0.5, 0.6) is 0 Å². The molecule has 0 fully saturated rings. The van der Waals surface area contributed by atoms with E-state index in [1.54, 1.807) is 18.5 Å². The van der Waals surface area contributed by atoms with Crippen molar-refractivity contribution in [2.75, 3.05) is 6.61 Å². The molecule has 4 nitrogen and oxygen atoms in total. The van der Waals surface area contributed by atoms with Gasteiger partial charge < -0.3 is 9.47 Å². The van der Waals surface area contributed by atoms with Crippen LogP contribution in [-0.4, -0.2) is 17.6 Å². The molecule has 2 aromatic carbocycles. The van der Waals surface area contributed by atoms with Crippen LogP contribution in [0.2, 0.25) is 0 Å². The zero-order chi connectivity index (χ0) is 17.3. The highest BCUT2D eigenvalue weighted by molar-refractivity contribution is 5.70. The molecule has 0 saturated heterocycles. The van der Waals surface area contributed by atoms with E-state index in [0.717, 1.165) is 16.7 Å². The van der Waals surface area contributed by atoms with Crippen molar-refractivity contribution in [3.63, 3.8) is 0 Å². The number of esters is 1. The molecule has 0 radical (unpaired) electrons. The molecule has 0 aliphatic rings. The van der Waals surface area contributed by atoms with Crippen LogP contribution in [0.3, 0.4) is 0 Å². The van der Waals surface area contributed by atoms with E-state index in [2.05, 4.69) is 4.98 Å². The van der Waals surface area contributed by atoms with Crippen molar-refractivity contribution >= 4 is 5.97 Å². The van der Waals surface area contributed by atoms with Gasteiger partial charge in [0.15, 0.2) is 0 Å². The number of benzene rings is 2. The SMILES string of the molecule is O=C(COC(c1ccccc1)c1ccccc1)OCc1cccnc1. The highest BCUT2D eigenvalue weighted by Crippen LogP contribution is 2.25. The number of pyridine rings is 1. The van der Waals surface area contributed by atoms with Gasteiger partial charge in [-0.05, 0) is 17.2 Å². The summed E-state index contributed by atoms with van der Waals surface area (Å²) in [7, 11) is 0. The van der Waals surface area contributed by atoms with Crippen LogP contribution in [0.1, 0.15) is 22.8 Å². The molecule has 0 bridgehead atoms. The maximum Gasteiger partial charge on any atom is 0.332 e. The minimum atomic E-state index is -0.402. The van der Waals surface area contributed by atoms with Crippen LogP contribution in [0, 0.1) is 0 Å². The summed E-state index contributed by atoms with van der Waals surface area (Å²) in [5.41, 5.74) is 2.83. The topological polar surface area (TPSA) is 48.4 Å². The molecule has 0 aliphatic carbocycles. The Morgan fingerprint density at radius 2 is 1.52 bits per heavy atom. The molecule has 25 heavy (non-hydrogen) atoms. The summed E-state index contributed by atoms with van der Waals surface area (Å²) < 4.78 is 11.1. The van der Waals surface area contributed by atoms with Crippen LogP contribution in [0.15, 0.2) is 85.2 Å². The smallest absolute Gasteiger partial charge is 0.332 e. The third kappa shape index (κ3) is 4.99. The third-order valence-corrected chi connectivity index (χ3v) is 3.70. The van der Waals surface area contributed by atoms with Gasteiger partial charge in [0.2, 0.25) is 0 Å². The number of aromatic nitrogens is 1. The Bertz CT molecular complexity index is 737. The Morgan fingerprint density at radius 3 is 2.08 bits per heavy atom. The van der Waals surface area contributed by atoms with E-state index >= 15 is 0 Å². The van der Waals surface area contributed by atoms with Gasteiger partial charge in [-0.3, -0.25) is 4.98 Å². The maximum absolute atomic E-state index is 12.0. The number of rotatable bonds is 7. The van der Waals surface area contributed by atoms with Gasteiger partial charge in [0.1, 0.15) is 19.3 Å². The molecule has 0 amide bonds. The van der Waals surface area contributed by atoms with Crippen LogP contribution in [0.4, 0.5) is 0 Å². The second-order valence-electron chi connectivity index (χ2n) is 5.53. The minimum absolute atomic E-state index is 0.116. The van der Waals surface area contributed by atoms with Crippen molar-refractivity contribution in [2.45, 2.75) is 12.7 Å². The second kappa shape index (κ2) is 8.76. The Hall–Kier alpha value is -2.98. The van der Waals surface area contributed by atoms with Crippen LogP contribution < -0.4 is 0 Å². The minimum Gasteiger partial charge on any atom is -0.459 e. The summed E-state index contributed by atoms with van der Waals surface area (Å²) in [6.07, 6.45) is 3.04. The summed E-state index contributed by atoms with van der Waals surface area (Å²) >= 11 is 0. The first-order chi connectivity index (χ1) is 12.3. The number of ether oxygens (including phenoxy) is 2. The lowest BCUT2D eigenvalue weighted by molar-refractivity contribution is -0.151. The molecule has 4 heteroatoms. The molecule has 3 aromatic rings. The van der Waals surface area contributed by atoms with E-state index in [0.29, 0.717) is 0 Å². The van der Waals surface area contributed by atoms with Gasteiger partial charge in [-0.2, -0.15) is 0 Å². The number of nitrogens with zero attached hydrogens (tertiary/aromatic N) is 1. The quantitative estimate of drug-likeness (QED) is 0.615. The van der Waals surface area contributed by atoms with Crippen molar-refractivity contribution < 1.29 is 14.3 Å². The van der Waals surface area contributed by atoms with E-state index in [4.69, 9.17) is 9.47 Å². The van der Waals surface area contributed by atoms with E-state index in [1.807, 2.05) is 66.7 Å². The highest BCUT2D eigenvalue weighted by atomic mass is 16.6. The van der Waals surface area contributed by atoms with Gasteiger partial charge in [0.05, 0.1) is 0 Å². The van der Waals surface area contributed by atoms with E-state index in [1.165, 1.54) is 0 Å². The van der Waals surface area contributed by atoms with Crippen LogP contribution in [0.25, 0.3) is 0 Å². The van der Waals surface area contributed by atoms with E-state index in [-0.39, 0.29) is 19.3 Å². The lowest BCUT2D eigenvalue weighted by Crippen LogP contribution is -2.16. The fraction of sp³-hybridized carbons (Fsp3) is 0.143. The lowest BCUT2D eigenvalue weighted by atomic mass is 10.0. The Kier molecular flexibility index (Phi) is 5.91. The normalized spacial score (nSPS) is 10.6. The van der Waals surface area contributed by atoms with E-state index in [9.17, 15) is 4.79 Å². The second-order valence-corrected chi connectivity index (χ2v) is 5.53. The van der Waals surface area contributed by atoms with Gasteiger partial charge in [0.25, 0.3) is 0 Å². The Labute approximate surface area is 147 Å². The zero-order valence-electron chi connectivity index (χ0n) is 13.7. The van der Waals surface area contributed by atoms with Crippen molar-refractivity contribution in [2.24, 2.45) is 0 Å². The van der Waals surface area contributed by atoms with Gasteiger partial charge in [-0.1, -0.05) is 66.7 Å². The third-order valence-electron chi connectivity index (χ3n) is 3.70. The van der Waals surface area contributed by atoms with Crippen molar-refractivity contribution in [1.29, 1.82) is 0 Å². The van der Waals surface area contributed by atoms with Crippen molar-refractivity contribution in [3.8, 4) is 0 Å². The molecular weight excluding hydrogens is 314 g/mol. The van der Waals surface area contributed by atoms with Crippen LogP contribution >= 0.6 is 0 Å².